The standard InChI is InChI=1S/C4H7NO/c1-3-5-4(2)6/h1-3H2,(H,5,6). The van der Waals surface area contributed by atoms with E-state index in [9.17, 15) is 4.79 Å². The molecule has 1 amide bonds. The van der Waals surface area contributed by atoms with E-state index in [0.717, 1.165) is 0 Å². The van der Waals surface area contributed by atoms with Crippen molar-refractivity contribution in [1.29, 1.82) is 0 Å². The highest BCUT2D eigenvalue weighted by Crippen LogP contribution is 1.52. The quantitative estimate of drug-likeness (QED) is 0.468. The predicted molar refractivity (Wildman–Crippen MR) is 23.7 cm³/mol. The minimum absolute atomic E-state index is 0.273. The predicted octanol–water partition coefficient (Wildman–Crippen LogP) is -0.229. The van der Waals surface area contributed by atoms with E-state index in [-0.39, 0.29) is 5.91 Å². The summed E-state index contributed by atoms with van der Waals surface area (Å²) in [5.74, 6) is -0.273. The Morgan fingerprint density at radius 2 is 2.33 bits per heavy atom. The largest absolute Gasteiger partial charge is 0.356 e. The maximum atomic E-state index is 9.78. The van der Waals surface area contributed by atoms with Gasteiger partial charge in [0.15, 0.2) is 0 Å². The van der Waals surface area contributed by atoms with E-state index in [1.165, 1.54) is 0 Å². The molecule has 0 aromatic rings. The molecule has 0 aliphatic carbocycles. The molecule has 0 saturated heterocycles. The Morgan fingerprint density at radius 1 is 1.83 bits per heavy atom. The van der Waals surface area contributed by atoms with Crippen molar-refractivity contribution in [1.82, 2.24) is 5.32 Å². The van der Waals surface area contributed by atoms with Gasteiger partial charge in [-0.05, 0) is 6.92 Å². The molecule has 0 aromatic carbocycles. The molecule has 0 aromatic heterocycles. The number of hydrogen-bond acceptors (Lipinski definition) is 1. The fraction of sp³-hybridized carbons (Fsp3) is 0.250. The van der Waals surface area contributed by atoms with Crippen LogP contribution in [0.3, 0.4) is 0 Å². The van der Waals surface area contributed by atoms with Crippen LogP contribution in [0.5, 0.6) is 0 Å². The highest BCUT2D eigenvalue weighted by atomic mass is 16.1. The summed E-state index contributed by atoms with van der Waals surface area (Å²) in [4.78, 5) is 9.78. The normalized spacial score (nSPS) is 7.67. The van der Waals surface area contributed by atoms with Crippen molar-refractivity contribution in [2.45, 2.75) is 0 Å². The molecule has 0 saturated carbocycles. The van der Waals surface area contributed by atoms with E-state index in [0.29, 0.717) is 6.54 Å². The van der Waals surface area contributed by atoms with Gasteiger partial charge in [0.2, 0.25) is 5.91 Å². The minimum Gasteiger partial charge on any atom is -0.356 e. The van der Waals surface area contributed by atoms with Crippen molar-refractivity contribution >= 4 is 5.91 Å². The van der Waals surface area contributed by atoms with Gasteiger partial charge in [-0.3, -0.25) is 4.79 Å². The zero-order valence-electron chi connectivity index (χ0n) is 3.53. The van der Waals surface area contributed by atoms with Crippen molar-refractivity contribution in [3.05, 3.63) is 13.8 Å². The van der Waals surface area contributed by atoms with Crippen LogP contribution < -0.4 is 5.32 Å². The SMILES string of the molecule is [CH2]CNC([CH2])=O. The van der Waals surface area contributed by atoms with Crippen LogP contribution in [0.15, 0.2) is 0 Å². The smallest absolute Gasteiger partial charge is 0.220 e. The topological polar surface area (TPSA) is 29.1 Å². The average molecular weight is 85.1 g/mol. The highest BCUT2D eigenvalue weighted by Gasteiger charge is 1.79. The van der Waals surface area contributed by atoms with Crippen LogP contribution in [0.4, 0.5) is 0 Å². The summed E-state index contributed by atoms with van der Waals surface area (Å²) in [5.41, 5.74) is 0. The van der Waals surface area contributed by atoms with Gasteiger partial charge in [-0.15, -0.1) is 0 Å². The molecule has 0 aliphatic rings. The van der Waals surface area contributed by atoms with Crippen molar-refractivity contribution in [2.24, 2.45) is 0 Å². The molecular weight excluding hydrogens is 78.0 g/mol. The fourth-order valence-electron chi connectivity index (χ4n) is 0.139. The molecule has 0 fully saturated rings. The summed E-state index contributed by atoms with van der Waals surface area (Å²) >= 11 is 0. The molecule has 0 bridgehead atoms. The molecule has 2 radical (unpaired) electrons. The monoisotopic (exact) mass is 85.1 g/mol. The molecular formula is C4H7NO. The maximum absolute atomic E-state index is 9.78. The third kappa shape index (κ3) is 3.47. The number of nitrogens with one attached hydrogen (secondary N) is 1. The molecule has 0 rings (SSSR count). The third-order valence-electron chi connectivity index (χ3n) is 0.322. The van der Waals surface area contributed by atoms with E-state index in [1.54, 1.807) is 0 Å². The Hall–Kier alpha value is -0.530. The first kappa shape index (κ1) is 5.47. The van der Waals surface area contributed by atoms with Gasteiger partial charge in [-0.1, -0.05) is 0 Å². The molecule has 6 heavy (non-hydrogen) atoms. The Labute approximate surface area is 37.5 Å². The van der Waals surface area contributed by atoms with Gasteiger partial charge in [-0.2, -0.15) is 0 Å². The van der Waals surface area contributed by atoms with Gasteiger partial charge >= 0.3 is 0 Å². The van der Waals surface area contributed by atoms with Crippen LogP contribution in [-0.4, -0.2) is 12.5 Å². The molecule has 0 spiro atoms. The van der Waals surface area contributed by atoms with Crippen molar-refractivity contribution in [2.75, 3.05) is 6.54 Å². The van der Waals surface area contributed by atoms with Gasteiger partial charge in [0.05, 0.1) is 0 Å². The van der Waals surface area contributed by atoms with E-state index < -0.39 is 0 Å². The maximum Gasteiger partial charge on any atom is 0.220 e. The van der Waals surface area contributed by atoms with Crippen molar-refractivity contribution < 1.29 is 4.79 Å². The third-order valence-corrected chi connectivity index (χ3v) is 0.322. The van der Waals surface area contributed by atoms with E-state index in [2.05, 4.69) is 19.2 Å². The number of carbonyl (C=O) groups excluding carboxylic acids is 1. The Bertz CT molecular complexity index is 51.5. The van der Waals surface area contributed by atoms with Gasteiger partial charge < -0.3 is 5.32 Å². The second kappa shape index (κ2) is 2.69. The zero-order valence-corrected chi connectivity index (χ0v) is 3.53. The van der Waals surface area contributed by atoms with Crippen LogP contribution >= 0.6 is 0 Å². The highest BCUT2D eigenvalue weighted by molar-refractivity contribution is 5.79. The van der Waals surface area contributed by atoms with Crippen LogP contribution in [0.2, 0.25) is 0 Å². The lowest BCUT2D eigenvalue weighted by Crippen LogP contribution is -2.18. The van der Waals surface area contributed by atoms with Crippen LogP contribution in [0, 0.1) is 13.8 Å². The molecule has 0 aliphatic heterocycles. The summed E-state index contributed by atoms with van der Waals surface area (Å²) in [5, 5.41) is 2.35. The molecule has 1 N–H and O–H groups in total. The molecule has 2 nitrogen and oxygen atoms in total. The van der Waals surface area contributed by atoms with E-state index in [1.807, 2.05) is 0 Å². The Balaban J connectivity index is 2.83. The lowest BCUT2D eigenvalue weighted by Gasteiger charge is -1.88. The lowest BCUT2D eigenvalue weighted by molar-refractivity contribution is -0.116. The van der Waals surface area contributed by atoms with Crippen LogP contribution in [-0.2, 0) is 4.79 Å². The summed E-state index contributed by atoms with van der Waals surface area (Å²) in [6.45, 7) is 6.81. The fourth-order valence-corrected chi connectivity index (χ4v) is 0.139. The summed E-state index contributed by atoms with van der Waals surface area (Å²) < 4.78 is 0. The Morgan fingerprint density at radius 3 is 2.33 bits per heavy atom. The number of amides is 1. The lowest BCUT2D eigenvalue weighted by atomic mass is 10.6. The van der Waals surface area contributed by atoms with Crippen LogP contribution in [0.25, 0.3) is 0 Å². The van der Waals surface area contributed by atoms with Gasteiger partial charge in [0, 0.05) is 13.5 Å². The van der Waals surface area contributed by atoms with Crippen molar-refractivity contribution in [3.63, 3.8) is 0 Å². The average Bonchev–Trinajstić information content (AvgIpc) is 1.35. The van der Waals surface area contributed by atoms with Crippen molar-refractivity contribution in [3.8, 4) is 0 Å². The number of rotatable bonds is 1. The first-order chi connectivity index (χ1) is 2.77. The minimum atomic E-state index is -0.273. The number of carbonyl (C=O) groups is 1. The summed E-state index contributed by atoms with van der Waals surface area (Å²) in [7, 11) is 0. The van der Waals surface area contributed by atoms with Crippen LogP contribution in [0.1, 0.15) is 0 Å². The summed E-state index contributed by atoms with van der Waals surface area (Å²) in [6, 6.07) is 0. The second-order valence-corrected chi connectivity index (χ2v) is 0.850. The Kier molecular flexibility index (Phi) is 2.46. The molecule has 0 heterocycles. The molecule has 2 heteroatoms. The first-order valence-electron chi connectivity index (χ1n) is 1.66. The molecule has 0 unspecified atom stereocenters. The summed E-state index contributed by atoms with van der Waals surface area (Å²) in [6.07, 6.45) is 0. The van der Waals surface area contributed by atoms with E-state index in [4.69, 9.17) is 0 Å². The molecule has 34 valence electrons. The van der Waals surface area contributed by atoms with Gasteiger partial charge in [0.25, 0.3) is 0 Å². The van der Waals surface area contributed by atoms with E-state index >= 15 is 0 Å². The second-order valence-electron chi connectivity index (χ2n) is 0.850. The molecule has 0 atom stereocenters. The zero-order chi connectivity index (χ0) is 4.99. The van der Waals surface area contributed by atoms with Gasteiger partial charge in [0.1, 0.15) is 0 Å². The first-order valence-corrected chi connectivity index (χ1v) is 1.66. The number of hydrogen-bond donors (Lipinski definition) is 1. The van der Waals surface area contributed by atoms with Gasteiger partial charge in [-0.25, -0.2) is 0 Å².